The van der Waals surface area contributed by atoms with Crippen molar-refractivity contribution in [2.75, 3.05) is 0 Å². The van der Waals surface area contributed by atoms with E-state index in [0.717, 1.165) is 0 Å². The molecule has 0 heterocycles. The van der Waals surface area contributed by atoms with Crippen molar-refractivity contribution in [3.05, 3.63) is 51.5 Å². The van der Waals surface area contributed by atoms with Gasteiger partial charge in [0.2, 0.25) is 0 Å². The Morgan fingerprint density at radius 2 is 0.577 bits per heavy atom. The quantitative estimate of drug-likeness (QED) is 0.380. The van der Waals surface area contributed by atoms with E-state index in [2.05, 4.69) is 78.6 Å². The fourth-order valence-corrected chi connectivity index (χ4v) is 20.3. The van der Waals surface area contributed by atoms with Crippen LogP contribution >= 0.6 is 0 Å². The van der Waals surface area contributed by atoms with Crippen LogP contribution in [-0.2, 0) is 16.8 Å². The number of hydrogen-bond acceptors (Lipinski definition) is 0. The molecule has 0 fully saturated rings. The molecule has 0 amide bonds. The van der Waals surface area contributed by atoms with Crippen LogP contribution in [0.5, 0.6) is 0 Å². The predicted octanol–water partition coefficient (Wildman–Crippen LogP) is 7.42. The Hall–Kier alpha value is 0.334. The molecule has 0 aromatic rings. The molecule has 0 aromatic heterocycles. The van der Waals surface area contributed by atoms with Crippen LogP contribution in [0, 0.1) is 6.42 Å². The van der Waals surface area contributed by atoms with Gasteiger partial charge in [0.15, 0.2) is 0 Å². The standard InChI is InChI=1S/C16H36Si4.C5H5.Co/c1-17(2,3)13-14(18(4,5)6)16(20(10,11)12)15(13)19(7,8)9;1-2-4-5-3-1;/h1-12H3;1-5H;. The molecule has 2 aliphatic rings. The molecule has 2 rings (SSSR count). The van der Waals surface area contributed by atoms with Crippen LogP contribution < -0.4 is 0 Å². The minimum absolute atomic E-state index is 0. The van der Waals surface area contributed by atoms with E-state index in [1.165, 1.54) is 0 Å². The Kier molecular flexibility index (Phi) is 8.89. The molecule has 26 heavy (non-hydrogen) atoms. The predicted molar refractivity (Wildman–Crippen MR) is 130 cm³/mol. The molecule has 0 atom stereocenters. The van der Waals surface area contributed by atoms with Gasteiger partial charge >= 0.3 is 0 Å². The molecule has 0 spiro atoms. The summed E-state index contributed by atoms with van der Waals surface area (Å²) in [5.74, 6) is 0. The van der Waals surface area contributed by atoms with Gasteiger partial charge in [0.1, 0.15) is 0 Å². The zero-order valence-electron chi connectivity index (χ0n) is 19.2. The third-order valence-electron chi connectivity index (χ3n) is 4.56. The van der Waals surface area contributed by atoms with Crippen LogP contribution in [-0.4, -0.2) is 32.3 Å². The van der Waals surface area contributed by atoms with Gasteiger partial charge in [-0.3, -0.25) is 0 Å². The molecule has 150 valence electrons. The molecule has 2 radical (unpaired) electrons. The van der Waals surface area contributed by atoms with E-state index >= 15 is 0 Å². The first-order valence-corrected chi connectivity index (χ1v) is 23.7. The van der Waals surface area contributed by atoms with Gasteiger partial charge < -0.3 is 0 Å². The summed E-state index contributed by atoms with van der Waals surface area (Å²) >= 11 is 0. The van der Waals surface area contributed by atoms with Gasteiger partial charge in [-0.2, -0.15) is 0 Å². The Labute approximate surface area is 178 Å². The summed E-state index contributed by atoms with van der Waals surface area (Å²) in [6.07, 6.45) is 10.0. The normalized spacial score (nSPS) is 17.7. The Morgan fingerprint density at radius 1 is 0.385 bits per heavy atom. The fraction of sp³-hybridized carbons (Fsp3) is 0.571. The summed E-state index contributed by atoms with van der Waals surface area (Å²) in [5, 5.41) is 7.64. The smallest absolute Gasteiger partial charge is 0.0767 e. The summed E-state index contributed by atoms with van der Waals surface area (Å²) in [6.45, 7) is 30.7. The Bertz CT molecular complexity index is 514. The van der Waals surface area contributed by atoms with Crippen LogP contribution in [0.1, 0.15) is 0 Å². The van der Waals surface area contributed by atoms with Gasteiger partial charge in [-0.25, -0.2) is 0 Å². The van der Waals surface area contributed by atoms with Gasteiger partial charge in [-0.15, -0.1) is 0 Å². The first-order chi connectivity index (χ1) is 11.0. The van der Waals surface area contributed by atoms with Crippen molar-refractivity contribution in [3.63, 3.8) is 0 Å². The summed E-state index contributed by atoms with van der Waals surface area (Å²) in [4.78, 5) is 0. The first-order valence-electron chi connectivity index (χ1n) is 9.67. The van der Waals surface area contributed by atoms with Crippen LogP contribution in [0.2, 0.25) is 78.6 Å². The van der Waals surface area contributed by atoms with Crippen molar-refractivity contribution < 1.29 is 16.8 Å². The summed E-state index contributed by atoms with van der Waals surface area (Å²) < 4.78 is 0. The molecular formula is C21H41CoSi4. The van der Waals surface area contributed by atoms with Crippen molar-refractivity contribution in [1.82, 2.24) is 0 Å². The number of hydrogen-bond donors (Lipinski definition) is 0. The Morgan fingerprint density at radius 3 is 0.654 bits per heavy atom. The van der Waals surface area contributed by atoms with Crippen molar-refractivity contribution in [2.24, 2.45) is 0 Å². The third kappa shape index (κ3) is 6.45. The van der Waals surface area contributed by atoms with Crippen LogP contribution in [0.25, 0.3) is 0 Å². The van der Waals surface area contributed by atoms with Crippen LogP contribution in [0.4, 0.5) is 0 Å². The van der Waals surface area contributed by atoms with Crippen molar-refractivity contribution in [1.29, 1.82) is 0 Å². The summed E-state index contributed by atoms with van der Waals surface area (Å²) in [7, 11) is -4.91. The molecular weight excluding hydrogens is 424 g/mol. The largest absolute Gasteiger partial charge is 0.0772 e. The topological polar surface area (TPSA) is 0 Å². The third-order valence-corrected chi connectivity index (χ3v) is 13.6. The monoisotopic (exact) mass is 464 g/mol. The van der Waals surface area contributed by atoms with E-state index in [1.54, 1.807) is 0 Å². The van der Waals surface area contributed by atoms with Gasteiger partial charge in [-0.1, -0.05) is 124 Å². The van der Waals surface area contributed by atoms with Gasteiger partial charge in [-0.05, 0) is 0 Å². The van der Waals surface area contributed by atoms with E-state index in [9.17, 15) is 0 Å². The van der Waals surface area contributed by atoms with Crippen molar-refractivity contribution >= 4 is 32.3 Å². The Balaban J connectivity index is 0.000000893. The van der Waals surface area contributed by atoms with Crippen LogP contribution in [0.15, 0.2) is 45.1 Å². The minimum Gasteiger partial charge on any atom is -0.0767 e. The SMILES string of the molecule is C[Si](C)(C)C1=C([Si](C)(C)C)C([Si](C)(C)C)=C1[Si](C)(C)C.[CH]1C=CC=C1.[Co]. The maximum atomic E-state index is 2.56. The second-order valence-corrected chi connectivity index (χ2v) is 31.5. The molecule has 0 nitrogen and oxygen atoms in total. The maximum Gasteiger partial charge on any atom is 0.0772 e. The number of allylic oxidation sites excluding steroid dienone is 8. The first kappa shape index (κ1) is 26.3. The van der Waals surface area contributed by atoms with Crippen LogP contribution in [0.3, 0.4) is 0 Å². The second kappa shape index (κ2) is 8.78. The van der Waals surface area contributed by atoms with Gasteiger partial charge in [0.05, 0.1) is 32.3 Å². The molecule has 0 N–H and O–H groups in total. The molecule has 0 unspecified atom stereocenters. The minimum atomic E-state index is -1.23. The van der Waals surface area contributed by atoms with E-state index < -0.39 is 32.3 Å². The molecule has 0 bridgehead atoms. The van der Waals surface area contributed by atoms with Crippen molar-refractivity contribution in [3.8, 4) is 0 Å². The van der Waals surface area contributed by atoms with E-state index in [4.69, 9.17) is 0 Å². The maximum absolute atomic E-state index is 2.56. The average Bonchev–Trinajstić information content (AvgIpc) is 2.75. The molecule has 2 aliphatic carbocycles. The van der Waals surface area contributed by atoms with E-state index in [0.29, 0.717) is 0 Å². The fourth-order valence-electron chi connectivity index (χ4n) is 3.76. The molecule has 5 heteroatoms. The zero-order chi connectivity index (χ0) is 19.8. The van der Waals surface area contributed by atoms with E-state index in [1.807, 2.05) is 51.5 Å². The number of rotatable bonds is 4. The van der Waals surface area contributed by atoms with Gasteiger partial charge in [0.25, 0.3) is 0 Å². The summed E-state index contributed by atoms with van der Waals surface area (Å²) in [5.41, 5.74) is 0. The molecule has 0 aliphatic heterocycles. The van der Waals surface area contributed by atoms with E-state index in [-0.39, 0.29) is 16.8 Å². The molecule has 0 saturated heterocycles. The summed E-state index contributed by atoms with van der Waals surface area (Å²) in [6, 6.07) is 0. The second-order valence-electron chi connectivity index (χ2n) is 11.5. The molecule has 0 aromatic carbocycles. The average molecular weight is 465 g/mol. The zero-order valence-corrected chi connectivity index (χ0v) is 24.3. The van der Waals surface area contributed by atoms with Crippen molar-refractivity contribution in [2.45, 2.75) is 78.6 Å². The molecule has 0 saturated carbocycles. The van der Waals surface area contributed by atoms with Gasteiger partial charge in [0, 0.05) is 23.2 Å².